The Hall–Kier alpha value is -1.84. The van der Waals surface area contributed by atoms with Gasteiger partial charge >= 0.3 is 0 Å². The van der Waals surface area contributed by atoms with E-state index in [-0.39, 0.29) is 6.10 Å². The van der Waals surface area contributed by atoms with Crippen molar-refractivity contribution in [2.75, 3.05) is 44.7 Å². The van der Waals surface area contributed by atoms with Gasteiger partial charge in [0.05, 0.1) is 33.2 Å². The number of quaternary nitrogens is 1. The minimum Gasteiger partial charge on any atom is -0.382 e. The quantitative estimate of drug-likeness (QED) is 0.877. The topological polar surface area (TPSA) is 23.5 Å². The van der Waals surface area contributed by atoms with E-state index in [1.807, 2.05) is 30.3 Å². The molecule has 1 N–H and O–H groups in total. The highest BCUT2D eigenvalue weighted by atomic mass is 16.3. The first-order valence-corrected chi connectivity index (χ1v) is 8.03. The van der Waals surface area contributed by atoms with Gasteiger partial charge < -0.3 is 14.5 Å². The highest BCUT2D eigenvalue weighted by molar-refractivity contribution is 5.46. The maximum atomic E-state index is 10.5. The smallest absolute Gasteiger partial charge is 0.128 e. The lowest BCUT2D eigenvalue weighted by molar-refractivity contribution is -0.913. The molecule has 22 heavy (non-hydrogen) atoms. The molecule has 1 saturated heterocycles. The molecule has 3 nitrogen and oxygen atoms in total. The Bertz CT molecular complexity index is 577. The molecular weight excluding hydrogens is 272 g/mol. The van der Waals surface area contributed by atoms with Crippen molar-refractivity contribution < 1.29 is 9.59 Å². The molecule has 1 unspecified atom stereocenters. The van der Waals surface area contributed by atoms with Gasteiger partial charge in [0.1, 0.15) is 12.6 Å². The average molecular weight is 297 g/mol. The van der Waals surface area contributed by atoms with Crippen LogP contribution in [0, 0.1) is 0 Å². The zero-order valence-corrected chi connectivity index (χ0v) is 13.2. The summed E-state index contributed by atoms with van der Waals surface area (Å²) < 4.78 is 0.930. The van der Waals surface area contributed by atoms with E-state index in [4.69, 9.17) is 0 Å². The van der Waals surface area contributed by atoms with Crippen LogP contribution in [0.25, 0.3) is 0 Å². The molecule has 2 aromatic rings. The van der Waals surface area contributed by atoms with Crippen LogP contribution in [0.3, 0.4) is 0 Å². The van der Waals surface area contributed by atoms with Gasteiger partial charge in [-0.15, -0.1) is 0 Å². The summed E-state index contributed by atoms with van der Waals surface area (Å²) in [6.07, 6.45) is -0.380. The number of aliphatic hydroxyl groups excluding tert-OH is 1. The predicted molar refractivity (Wildman–Crippen MR) is 90.8 cm³/mol. The molecule has 1 fully saturated rings. The summed E-state index contributed by atoms with van der Waals surface area (Å²) >= 11 is 0. The first-order valence-electron chi connectivity index (χ1n) is 8.03. The molecule has 1 aliphatic rings. The van der Waals surface area contributed by atoms with Gasteiger partial charge in [-0.1, -0.05) is 48.5 Å². The Morgan fingerprint density at radius 2 is 1.50 bits per heavy atom. The number of likely N-dealkylation sites (N-methyl/N-ethyl adjacent to an activating group) is 1. The molecule has 0 amide bonds. The number of hydrogen-bond donors (Lipinski definition) is 1. The van der Waals surface area contributed by atoms with E-state index < -0.39 is 0 Å². The minimum atomic E-state index is -0.380. The summed E-state index contributed by atoms with van der Waals surface area (Å²) in [5, 5.41) is 10.5. The summed E-state index contributed by atoms with van der Waals surface area (Å²) in [7, 11) is 2.26. The number of nitrogens with zero attached hydrogens (tertiary/aromatic N) is 2. The van der Waals surface area contributed by atoms with Crippen LogP contribution in [0.15, 0.2) is 60.7 Å². The summed E-state index contributed by atoms with van der Waals surface area (Å²) in [6.45, 7) is 5.01. The molecule has 1 atom stereocenters. The zero-order chi connectivity index (χ0) is 15.4. The van der Waals surface area contributed by atoms with Crippen LogP contribution in [-0.4, -0.2) is 49.4 Å². The van der Waals surface area contributed by atoms with Crippen LogP contribution in [0.4, 0.5) is 5.69 Å². The van der Waals surface area contributed by atoms with Gasteiger partial charge in [0.25, 0.3) is 0 Å². The Kier molecular flexibility index (Phi) is 4.46. The number of hydrogen-bond acceptors (Lipinski definition) is 2. The summed E-state index contributed by atoms with van der Waals surface area (Å²) in [5.41, 5.74) is 2.32. The summed E-state index contributed by atoms with van der Waals surface area (Å²) in [4.78, 5) is 2.44. The lowest BCUT2D eigenvalue weighted by Gasteiger charge is -2.43. The number of rotatable bonds is 4. The van der Waals surface area contributed by atoms with E-state index in [2.05, 4.69) is 42.3 Å². The van der Waals surface area contributed by atoms with Crippen molar-refractivity contribution in [2.24, 2.45) is 0 Å². The predicted octanol–water partition coefficient (Wildman–Crippen LogP) is 2.69. The fourth-order valence-electron chi connectivity index (χ4n) is 3.23. The van der Waals surface area contributed by atoms with Gasteiger partial charge in [0.15, 0.2) is 0 Å². The standard InChI is InChI=1S/C19H25N2O/c1-21(16-19(22)17-8-4-2-5-9-17)14-12-20(13-15-21)18-10-6-3-7-11-18/h2-11,19,22H,12-16H2,1H3/q+1. The van der Waals surface area contributed by atoms with Gasteiger partial charge in [0.2, 0.25) is 0 Å². The molecule has 0 saturated carbocycles. The number of aliphatic hydroxyl groups is 1. The van der Waals surface area contributed by atoms with Crippen LogP contribution in [0.1, 0.15) is 11.7 Å². The second-order valence-electron chi connectivity index (χ2n) is 6.50. The Balaban J connectivity index is 1.60. The van der Waals surface area contributed by atoms with Gasteiger partial charge in [0, 0.05) is 5.69 Å². The maximum absolute atomic E-state index is 10.5. The van der Waals surface area contributed by atoms with Crippen molar-refractivity contribution in [1.82, 2.24) is 0 Å². The normalized spacial score (nSPS) is 18.9. The van der Waals surface area contributed by atoms with Crippen LogP contribution < -0.4 is 4.90 Å². The van der Waals surface area contributed by atoms with Gasteiger partial charge in [-0.3, -0.25) is 0 Å². The van der Waals surface area contributed by atoms with Crippen LogP contribution in [-0.2, 0) is 0 Å². The summed E-state index contributed by atoms with van der Waals surface area (Å²) in [6, 6.07) is 20.6. The first kappa shape index (κ1) is 15.1. The van der Waals surface area contributed by atoms with E-state index in [9.17, 15) is 5.11 Å². The number of benzene rings is 2. The van der Waals surface area contributed by atoms with Gasteiger partial charge in [-0.2, -0.15) is 0 Å². The molecule has 0 bridgehead atoms. The van der Waals surface area contributed by atoms with Crippen molar-refractivity contribution >= 4 is 5.69 Å². The number of anilines is 1. The van der Waals surface area contributed by atoms with Crippen molar-refractivity contribution in [3.63, 3.8) is 0 Å². The van der Waals surface area contributed by atoms with Gasteiger partial charge in [-0.25, -0.2) is 0 Å². The van der Waals surface area contributed by atoms with Crippen molar-refractivity contribution in [3.05, 3.63) is 66.2 Å². The SMILES string of the molecule is C[N+]1(CC(O)c2ccccc2)CCN(c2ccccc2)CC1. The second kappa shape index (κ2) is 6.51. The first-order chi connectivity index (χ1) is 10.7. The van der Waals surface area contributed by atoms with Crippen LogP contribution >= 0.6 is 0 Å². The van der Waals surface area contributed by atoms with Crippen molar-refractivity contribution in [2.45, 2.75) is 6.10 Å². The van der Waals surface area contributed by atoms with E-state index in [1.54, 1.807) is 0 Å². The fraction of sp³-hybridized carbons (Fsp3) is 0.368. The Morgan fingerprint density at radius 3 is 2.09 bits per heavy atom. The van der Waals surface area contributed by atoms with Gasteiger partial charge in [-0.05, 0) is 17.7 Å². The monoisotopic (exact) mass is 297 g/mol. The zero-order valence-electron chi connectivity index (χ0n) is 13.2. The maximum Gasteiger partial charge on any atom is 0.128 e. The highest BCUT2D eigenvalue weighted by Gasteiger charge is 2.31. The van der Waals surface area contributed by atoms with E-state index in [1.165, 1.54) is 5.69 Å². The van der Waals surface area contributed by atoms with Crippen molar-refractivity contribution in [1.29, 1.82) is 0 Å². The van der Waals surface area contributed by atoms with E-state index in [0.29, 0.717) is 0 Å². The Labute approximate surface area is 133 Å². The molecule has 2 aromatic carbocycles. The van der Waals surface area contributed by atoms with E-state index in [0.717, 1.165) is 42.8 Å². The lowest BCUT2D eigenvalue weighted by atomic mass is 10.1. The largest absolute Gasteiger partial charge is 0.382 e. The molecule has 0 aliphatic carbocycles. The average Bonchev–Trinajstić information content (AvgIpc) is 2.57. The third-order valence-corrected chi connectivity index (χ3v) is 4.74. The third kappa shape index (κ3) is 3.49. The van der Waals surface area contributed by atoms with Crippen molar-refractivity contribution in [3.8, 4) is 0 Å². The van der Waals surface area contributed by atoms with Crippen LogP contribution in [0.2, 0.25) is 0 Å². The molecule has 1 aliphatic heterocycles. The second-order valence-corrected chi connectivity index (χ2v) is 6.50. The van der Waals surface area contributed by atoms with Crippen LogP contribution in [0.5, 0.6) is 0 Å². The fourth-order valence-corrected chi connectivity index (χ4v) is 3.23. The number of para-hydroxylation sites is 1. The lowest BCUT2D eigenvalue weighted by Crippen LogP contribution is -2.58. The molecule has 0 spiro atoms. The highest BCUT2D eigenvalue weighted by Crippen LogP contribution is 2.22. The molecule has 1 heterocycles. The summed E-state index contributed by atoms with van der Waals surface area (Å²) in [5.74, 6) is 0. The van der Waals surface area contributed by atoms with E-state index >= 15 is 0 Å². The molecule has 3 rings (SSSR count). The molecule has 0 aromatic heterocycles. The Morgan fingerprint density at radius 1 is 0.955 bits per heavy atom. The molecule has 3 heteroatoms. The molecule has 116 valence electrons. The molecule has 0 radical (unpaired) electrons. The molecular formula is C19H25N2O+. The number of piperazine rings is 1. The third-order valence-electron chi connectivity index (χ3n) is 4.74. The minimum absolute atomic E-state index is 0.380.